The highest BCUT2D eigenvalue weighted by atomic mass is 127. The molecular formula is C23H28FIN4O3. The van der Waals surface area contributed by atoms with E-state index in [1.165, 1.54) is 18.1 Å². The van der Waals surface area contributed by atoms with Gasteiger partial charge >= 0.3 is 0 Å². The van der Waals surface area contributed by atoms with Crippen LogP contribution in [0.4, 0.5) is 4.39 Å². The van der Waals surface area contributed by atoms with Gasteiger partial charge in [-0.1, -0.05) is 18.2 Å². The summed E-state index contributed by atoms with van der Waals surface area (Å²) in [6.07, 6.45) is 1.44. The zero-order valence-corrected chi connectivity index (χ0v) is 20.8. The van der Waals surface area contributed by atoms with Gasteiger partial charge in [0.25, 0.3) is 11.8 Å². The van der Waals surface area contributed by atoms with Gasteiger partial charge in [-0.25, -0.2) is 4.39 Å². The first-order valence-electron chi connectivity index (χ1n) is 10.2. The van der Waals surface area contributed by atoms with Gasteiger partial charge in [0.1, 0.15) is 0 Å². The monoisotopic (exact) mass is 554 g/mol. The van der Waals surface area contributed by atoms with Crippen molar-refractivity contribution in [2.24, 2.45) is 4.99 Å². The molecule has 0 radical (unpaired) electrons. The zero-order valence-electron chi connectivity index (χ0n) is 18.4. The third-order valence-corrected chi connectivity index (χ3v) is 5.18. The van der Waals surface area contributed by atoms with E-state index in [0.717, 1.165) is 12.0 Å². The van der Waals surface area contributed by atoms with Gasteiger partial charge < -0.3 is 15.0 Å². The Labute approximate surface area is 204 Å². The quantitative estimate of drug-likeness (QED) is 0.178. The minimum atomic E-state index is -0.399. The number of carbonyl (C=O) groups excluding carboxylic acids is 2. The van der Waals surface area contributed by atoms with Crippen LogP contribution >= 0.6 is 24.0 Å². The molecule has 0 fully saturated rings. The third-order valence-electron chi connectivity index (χ3n) is 5.18. The molecule has 2 amide bonds. The molecule has 0 spiro atoms. The highest BCUT2D eigenvalue weighted by Gasteiger charge is 2.34. The average molecular weight is 554 g/mol. The number of carbonyl (C=O) groups is 2. The van der Waals surface area contributed by atoms with E-state index in [0.29, 0.717) is 43.1 Å². The maximum absolute atomic E-state index is 13.9. The molecule has 9 heteroatoms. The number of halogens is 2. The number of imide groups is 1. The van der Waals surface area contributed by atoms with Crippen molar-refractivity contribution in [3.8, 4) is 5.75 Å². The van der Waals surface area contributed by atoms with Gasteiger partial charge in [-0.05, 0) is 42.7 Å². The van der Waals surface area contributed by atoms with E-state index in [4.69, 9.17) is 4.74 Å². The minimum Gasteiger partial charge on any atom is -0.494 e. The summed E-state index contributed by atoms with van der Waals surface area (Å²) in [5.41, 5.74) is 1.75. The van der Waals surface area contributed by atoms with Crippen LogP contribution in [0.3, 0.4) is 0 Å². The molecule has 32 heavy (non-hydrogen) atoms. The molecule has 0 aromatic heterocycles. The second-order valence-corrected chi connectivity index (χ2v) is 7.31. The number of nitrogens with zero attached hydrogens (tertiary/aromatic N) is 3. The molecule has 172 valence electrons. The number of hydrogen-bond acceptors (Lipinski definition) is 4. The van der Waals surface area contributed by atoms with Crippen molar-refractivity contribution >= 4 is 41.8 Å². The van der Waals surface area contributed by atoms with Crippen molar-refractivity contribution in [1.29, 1.82) is 0 Å². The average Bonchev–Trinajstić information content (AvgIpc) is 3.01. The van der Waals surface area contributed by atoms with E-state index >= 15 is 0 Å². The van der Waals surface area contributed by atoms with Gasteiger partial charge in [-0.3, -0.25) is 19.5 Å². The summed E-state index contributed by atoms with van der Waals surface area (Å²) in [4.78, 5) is 32.2. The number of fused-ring (bicyclic) bond motifs is 1. The van der Waals surface area contributed by atoms with Gasteiger partial charge in [0.05, 0.1) is 18.2 Å². The molecule has 2 aromatic rings. The summed E-state index contributed by atoms with van der Waals surface area (Å²) >= 11 is 0. The third kappa shape index (κ3) is 5.76. The van der Waals surface area contributed by atoms with Crippen molar-refractivity contribution in [1.82, 2.24) is 15.1 Å². The Morgan fingerprint density at radius 1 is 1.12 bits per heavy atom. The first kappa shape index (κ1) is 25.6. The lowest BCUT2D eigenvalue weighted by atomic mass is 10.1. The van der Waals surface area contributed by atoms with Crippen LogP contribution in [0.5, 0.6) is 5.75 Å². The molecule has 0 bridgehead atoms. The minimum absolute atomic E-state index is 0. The Kier molecular flexibility index (Phi) is 9.42. The van der Waals surface area contributed by atoms with Gasteiger partial charge in [0.2, 0.25) is 0 Å². The predicted molar refractivity (Wildman–Crippen MR) is 132 cm³/mol. The molecule has 7 nitrogen and oxygen atoms in total. The van der Waals surface area contributed by atoms with E-state index in [9.17, 15) is 14.0 Å². The number of unbranched alkanes of at least 4 members (excludes halogenated alkanes) is 1. The second-order valence-electron chi connectivity index (χ2n) is 7.31. The van der Waals surface area contributed by atoms with Crippen LogP contribution < -0.4 is 10.1 Å². The fourth-order valence-corrected chi connectivity index (χ4v) is 3.58. The molecule has 1 aliphatic rings. The molecular weight excluding hydrogens is 526 g/mol. The molecule has 0 aliphatic carbocycles. The lowest BCUT2D eigenvalue weighted by Crippen LogP contribution is -2.39. The zero-order chi connectivity index (χ0) is 22.4. The molecule has 0 saturated carbocycles. The Hall–Kier alpha value is -2.69. The van der Waals surface area contributed by atoms with Crippen LogP contribution in [-0.4, -0.2) is 61.9 Å². The smallest absolute Gasteiger partial charge is 0.261 e. The number of rotatable bonds is 8. The fourth-order valence-electron chi connectivity index (χ4n) is 3.58. The standard InChI is InChI=1S/C23H27FN4O3.HI/c1-25-23(27(2)15-16-10-11-20(31-3)19(24)14-16)26-12-6-7-13-28-21(29)17-8-4-5-9-18(17)22(28)30;/h4-5,8-11,14H,6-7,12-13,15H2,1-3H3,(H,25,26);1H. The summed E-state index contributed by atoms with van der Waals surface area (Å²) in [6, 6.07) is 11.8. The molecule has 1 N–H and O–H groups in total. The number of amides is 2. The van der Waals surface area contributed by atoms with Gasteiger partial charge in [0.15, 0.2) is 17.5 Å². The van der Waals surface area contributed by atoms with Crippen LogP contribution in [0.2, 0.25) is 0 Å². The molecule has 1 heterocycles. The van der Waals surface area contributed by atoms with E-state index in [2.05, 4.69) is 10.3 Å². The van der Waals surface area contributed by atoms with Crippen LogP contribution in [-0.2, 0) is 6.54 Å². The number of methoxy groups -OCH3 is 1. The Morgan fingerprint density at radius 3 is 2.34 bits per heavy atom. The number of ether oxygens (including phenoxy) is 1. The van der Waals surface area contributed by atoms with Gasteiger partial charge in [-0.2, -0.15) is 0 Å². The topological polar surface area (TPSA) is 74.2 Å². The van der Waals surface area contributed by atoms with Crippen molar-refractivity contribution in [3.05, 3.63) is 65.0 Å². The van der Waals surface area contributed by atoms with Crippen molar-refractivity contribution in [3.63, 3.8) is 0 Å². The first-order valence-corrected chi connectivity index (χ1v) is 10.2. The van der Waals surface area contributed by atoms with Crippen molar-refractivity contribution in [2.45, 2.75) is 19.4 Å². The molecule has 2 aromatic carbocycles. The van der Waals surface area contributed by atoms with Crippen LogP contribution in [0, 0.1) is 5.82 Å². The number of aliphatic imine (C=N–C) groups is 1. The predicted octanol–water partition coefficient (Wildman–Crippen LogP) is 3.54. The number of benzene rings is 2. The maximum Gasteiger partial charge on any atom is 0.261 e. The highest BCUT2D eigenvalue weighted by molar-refractivity contribution is 14.0. The summed E-state index contributed by atoms with van der Waals surface area (Å²) in [5.74, 6) is 0.0417. The Morgan fingerprint density at radius 2 is 1.78 bits per heavy atom. The Balaban J connectivity index is 0.00000363. The molecule has 3 rings (SSSR count). The molecule has 0 saturated heterocycles. The molecule has 0 atom stereocenters. The lowest BCUT2D eigenvalue weighted by Gasteiger charge is -2.22. The van der Waals surface area contributed by atoms with E-state index in [1.54, 1.807) is 37.4 Å². The second kappa shape index (κ2) is 11.8. The van der Waals surface area contributed by atoms with Gasteiger partial charge in [0, 0.05) is 33.7 Å². The lowest BCUT2D eigenvalue weighted by molar-refractivity contribution is 0.0652. The molecule has 0 unspecified atom stereocenters. The summed E-state index contributed by atoms with van der Waals surface area (Å²) < 4.78 is 18.8. The van der Waals surface area contributed by atoms with Crippen molar-refractivity contribution < 1.29 is 18.7 Å². The SMILES string of the molecule is CN=C(NCCCCN1C(=O)c2ccccc2C1=O)N(C)Cc1ccc(OC)c(F)c1.I. The summed E-state index contributed by atoms with van der Waals surface area (Å²) in [7, 11) is 4.99. The largest absolute Gasteiger partial charge is 0.494 e. The maximum atomic E-state index is 13.9. The van der Waals surface area contributed by atoms with Gasteiger partial charge in [-0.15, -0.1) is 24.0 Å². The van der Waals surface area contributed by atoms with Crippen LogP contribution in [0.15, 0.2) is 47.5 Å². The number of guanidine groups is 1. The normalized spacial score (nSPS) is 13.0. The Bertz CT molecular complexity index is 964. The van der Waals surface area contributed by atoms with E-state index < -0.39 is 5.82 Å². The number of nitrogens with one attached hydrogen (secondary N) is 1. The summed E-state index contributed by atoms with van der Waals surface area (Å²) in [5, 5.41) is 3.26. The first-order chi connectivity index (χ1) is 15.0. The fraction of sp³-hybridized carbons (Fsp3) is 0.348. The highest BCUT2D eigenvalue weighted by Crippen LogP contribution is 2.22. The van der Waals surface area contributed by atoms with Crippen molar-refractivity contribution in [2.75, 3.05) is 34.3 Å². The van der Waals surface area contributed by atoms with Crippen LogP contribution in [0.1, 0.15) is 39.1 Å². The summed E-state index contributed by atoms with van der Waals surface area (Å²) in [6.45, 7) is 1.50. The molecule has 1 aliphatic heterocycles. The van der Waals surface area contributed by atoms with E-state index in [-0.39, 0.29) is 41.5 Å². The van der Waals surface area contributed by atoms with Crippen LogP contribution in [0.25, 0.3) is 0 Å². The van der Waals surface area contributed by atoms with E-state index in [1.807, 2.05) is 18.0 Å². The number of hydrogen-bond donors (Lipinski definition) is 1.